The summed E-state index contributed by atoms with van der Waals surface area (Å²) in [5.74, 6) is 2.19. The zero-order valence-electron chi connectivity index (χ0n) is 8.89. The van der Waals surface area contributed by atoms with Crippen LogP contribution in [0.5, 0.6) is 0 Å². The summed E-state index contributed by atoms with van der Waals surface area (Å²) in [5, 5.41) is 2.57. The lowest BCUT2D eigenvalue weighted by Gasteiger charge is -2.22. The van der Waals surface area contributed by atoms with E-state index in [9.17, 15) is 0 Å². The molecule has 2 atom stereocenters. The number of allylic oxidation sites excluding steroid dienone is 2. The molecule has 0 saturated carbocycles. The van der Waals surface area contributed by atoms with Crippen molar-refractivity contribution in [3.05, 3.63) is 58.5 Å². The van der Waals surface area contributed by atoms with Crippen molar-refractivity contribution in [3.63, 3.8) is 0 Å². The molecule has 1 heterocycles. The monoisotopic (exact) mass is 208 g/mol. The van der Waals surface area contributed by atoms with Crippen LogP contribution in [0.2, 0.25) is 0 Å². The molecule has 4 rings (SSSR count). The van der Waals surface area contributed by atoms with Crippen LogP contribution in [0.25, 0.3) is 11.8 Å². The van der Waals surface area contributed by atoms with Crippen LogP contribution in [-0.4, -0.2) is 6.61 Å². The predicted molar refractivity (Wildman–Crippen MR) is 63.7 cm³/mol. The van der Waals surface area contributed by atoms with Crippen molar-refractivity contribution in [3.8, 4) is 0 Å². The molecule has 0 N–H and O–H groups in total. The topological polar surface area (TPSA) is 9.23 Å². The lowest BCUT2D eigenvalue weighted by Crippen LogP contribution is -2.33. The number of rotatable bonds is 0. The minimum Gasteiger partial charge on any atom is -0.496 e. The molecule has 0 radical (unpaired) electrons. The molecule has 1 fully saturated rings. The molecule has 78 valence electrons. The second kappa shape index (κ2) is 2.88. The summed E-state index contributed by atoms with van der Waals surface area (Å²) >= 11 is 0. The van der Waals surface area contributed by atoms with Crippen molar-refractivity contribution >= 4 is 11.8 Å². The number of hydrogen-bond acceptors (Lipinski definition) is 1. The van der Waals surface area contributed by atoms with E-state index >= 15 is 0 Å². The summed E-state index contributed by atoms with van der Waals surface area (Å²) < 4.78 is 5.90. The summed E-state index contributed by atoms with van der Waals surface area (Å²) in [7, 11) is 0. The highest BCUT2D eigenvalue weighted by Crippen LogP contribution is 2.40. The highest BCUT2D eigenvalue weighted by Gasteiger charge is 2.36. The van der Waals surface area contributed by atoms with E-state index in [4.69, 9.17) is 4.74 Å². The molecule has 1 heteroatoms. The Bertz CT molecular complexity index is 634. The third-order valence-electron chi connectivity index (χ3n) is 3.70. The fraction of sp³-hybridized carbons (Fsp3) is 0.200. The third kappa shape index (κ3) is 0.955. The highest BCUT2D eigenvalue weighted by atomic mass is 16.5. The first-order valence-electron chi connectivity index (χ1n) is 5.76. The molecule has 3 aliphatic rings. The Morgan fingerprint density at radius 2 is 2.12 bits per heavy atom. The Morgan fingerprint density at radius 1 is 1.19 bits per heavy atom. The van der Waals surface area contributed by atoms with Crippen LogP contribution >= 0.6 is 0 Å². The first-order valence-corrected chi connectivity index (χ1v) is 5.76. The maximum absolute atomic E-state index is 5.90. The van der Waals surface area contributed by atoms with Crippen LogP contribution in [0.4, 0.5) is 0 Å². The van der Waals surface area contributed by atoms with Gasteiger partial charge in [0.15, 0.2) is 0 Å². The molecule has 0 amide bonds. The average Bonchev–Trinajstić information content (AvgIpc) is 2.76. The van der Waals surface area contributed by atoms with Gasteiger partial charge in [-0.3, -0.25) is 0 Å². The molecule has 1 aromatic carbocycles. The number of hydrogen-bond donors (Lipinski definition) is 0. The standard InChI is InChI=1S/C15H12O/c1-2-7-13-10(4-1)8-11-5-3-6-12-9-16-15(13)14(11)12/h1-8,12,14H,9H2. The van der Waals surface area contributed by atoms with Crippen LogP contribution in [0.1, 0.15) is 0 Å². The molecule has 2 unspecified atom stereocenters. The maximum atomic E-state index is 5.90. The Morgan fingerprint density at radius 3 is 3.12 bits per heavy atom. The van der Waals surface area contributed by atoms with Gasteiger partial charge < -0.3 is 4.74 Å². The number of benzene rings is 1. The minimum atomic E-state index is 0.472. The van der Waals surface area contributed by atoms with Crippen molar-refractivity contribution in [1.82, 2.24) is 0 Å². The molecule has 0 spiro atoms. The van der Waals surface area contributed by atoms with Gasteiger partial charge in [-0.15, -0.1) is 0 Å². The molecule has 1 saturated heterocycles. The van der Waals surface area contributed by atoms with Crippen LogP contribution in [0.3, 0.4) is 0 Å². The molecule has 1 aromatic rings. The first-order chi connectivity index (χ1) is 7.93. The maximum Gasteiger partial charge on any atom is 0.112 e. The normalized spacial score (nSPS) is 28.8. The van der Waals surface area contributed by atoms with Crippen molar-refractivity contribution < 1.29 is 4.74 Å². The van der Waals surface area contributed by atoms with E-state index in [-0.39, 0.29) is 0 Å². The Kier molecular flexibility index (Phi) is 1.51. The van der Waals surface area contributed by atoms with Crippen LogP contribution in [0.15, 0.2) is 48.1 Å². The second-order valence-corrected chi connectivity index (χ2v) is 4.60. The fourth-order valence-electron chi connectivity index (χ4n) is 2.95. The molecule has 0 bridgehead atoms. The van der Waals surface area contributed by atoms with Crippen LogP contribution in [-0.2, 0) is 4.74 Å². The van der Waals surface area contributed by atoms with Crippen molar-refractivity contribution in [1.29, 1.82) is 0 Å². The largest absolute Gasteiger partial charge is 0.496 e. The minimum absolute atomic E-state index is 0.472. The van der Waals surface area contributed by atoms with E-state index in [1.807, 2.05) is 0 Å². The van der Waals surface area contributed by atoms with E-state index in [1.54, 1.807) is 0 Å². The van der Waals surface area contributed by atoms with E-state index < -0.39 is 0 Å². The molecule has 2 aliphatic carbocycles. The van der Waals surface area contributed by atoms with Crippen LogP contribution < -0.4 is 10.4 Å². The summed E-state index contributed by atoms with van der Waals surface area (Å²) in [6, 6.07) is 8.50. The molecular formula is C15H12O. The first kappa shape index (κ1) is 8.40. The Hall–Kier alpha value is -1.76. The number of fused-ring (bicyclic) bond motifs is 1. The van der Waals surface area contributed by atoms with E-state index in [2.05, 4.69) is 48.6 Å². The predicted octanol–water partition coefficient (Wildman–Crippen LogP) is 1.35. The van der Waals surface area contributed by atoms with Crippen molar-refractivity contribution in [2.45, 2.75) is 0 Å². The second-order valence-electron chi connectivity index (χ2n) is 4.60. The molecular weight excluding hydrogens is 196 g/mol. The third-order valence-corrected chi connectivity index (χ3v) is 3.70. The lowest BCUT2D eigenvalue weighted by molar-refractivity contribution is 0.296. The van der Waals surface area contributed by atoms with Gasteiger partial charge in [-0.1, -0.05) is 48.6 Å². The van der Waals surface area contributed by atoms with Crippen LogP contribution in [0, 0.1) is 11.8 Å². The molecule has 16 heavy (non-hydrogen) atoms. The summed E-state index contributed by atoms with van der Waals surface area (Å²) in [6.07, 6.45) is 8.94. The van der Waals surface area contributed by atoms with Crippen molar-refractivity contribution in [2.24, 2.45) is 11.8 Å². The Labute approximate surface area is 94.1 Å². The van der Waals surface area contributed by atoms with Crippen molar-refractivity contribution in [2.75, 3.05) is 6.61 Å². The summed E-state index contributed by atoms with van der Waals surface area (Å²) in [5.41, 5.74) is 1.40. The lowest BCUT2D eigenvalue weighted by atomic mass is 9.80. The molecule has 1 aliphatic heterocycles. The van der Waals surface area contributed by atoms with E-state index in [0.717, 1.165) is 6.61 Å². The van der Waals surface area contributed by atoms with Gasteiger partial charge in [-0.2, -0.15) is 0 Å². The van der Waals surface area contributed by atoms with Gasteiger partial charge in [0, 0.05) is 11.1 Å². The van der Waals surface area contributed by atoms with Gasteiger partial charge in [-0.25, -0.2) is 0 Å². The summed E-state index contributed by atoms with van der Waals surface area (Å²) in [6.45, 7) is 0.829. The smallest absolute Gasteiger partial charge is 0.112 e. The molecule has 1 nitrogen and oxygen atoms in total. The zero-order chi connectivity index (χ0) is 10.5. The van der Waals surface area contributed by atoms with Gasteiger partial charge in [0.05, 0.1) is 12.5 Å². The van der Waals surface area contributed by atoms with Gasteiger partial charge >= 0.3 is 0 Å². The van der Waals surface area contributed by atoms with Gasteiger partial charge in [0.25, 0.3) is 0 Å². The zero-order valence-corrected chi connectivity index (χ0v) is 8.89. The quantitative estimate of drug-likeness (QED) is 0.625. The van der Waals surface area contributed by atoms with Gasteiger partial charge in [-0.05, 0) is 10.8 Å². The fourth-order valence-corrected chi connectivity index (χ4v) is 2.95. The van der Waals surface area contributed by atoms with Gasteiger partial charge in [0.2, 0.25) is 0 Å². The SMILES string of the molecule is C1=CC2COC3=c4ccccc4=CC(=C1)C32. The van der Waals surface area contributed by atoms with E-state index in [1.165, 1.54) is 21.8 Å². The highest BCUT2D eigenvalue weighted by molar-refractivity contribution is 5.66. The Balaban J connectivity index is 2.14. The van der Waals surface area contributed by atoms with E-state index in [0.29, 0.717) is 11.8 Å². The average molecular weight is 208 g/mol. The molecule has 0 aromatic heterocycles. The number of ether oxygens (including phenoxy) is 1. The summed E-state index contributed by atoms with van der Waals surface area (Å²) in [4.78, 5) is 0. The van der Waals surface area contributed by atoms with Gasteiger partial charge in [0.1, 0.15) is 5.76 Å².